The summed E-state index contributed by atoms with van der Waals surface area (Å²) < 4.78 is 4.64. The summed E-state index contributed by atoms with van der Waals surface area (Å²) in [6, 6.07) is 15.4. The van der Waals surface area contributed by atoms with Gasteiger partial charge in [0.15, 0.2) is 0 Å². The van der Waals surface area contributed by atoms with Crippen LogP contribution in [0, 0.1) is 12.8 Å². The first-order valence-electron chi connectivity index (χ1n) is 13.8. The van der Waals surface area contributed by atoms with Gasteiger partial charge in [0, 0.05) is 69.1 Å². The van der Waals surface area contributed by atoms with Gasteiger partial charge >= 0.3 is 6.09 Å². The monoisotopic (exact) mass is 521 g/mol. The Kier molecular flexibility index (Phi) is 9.63. The van der Waals surface area contributed by atoms with Crippen molar-refractivity contribution in [3.63, 3.8) is 0 Å². The number of carbonyl (C=O) groups excluding carboxylic acids is 2. The molecule has 2 fully saturated rings. The maximum absolute atomic E-state index is 13.4. The molecule has 1 atom stereocenters. The van der Waals surface area contributed by atoms with Crippen molar-refractivity contribution in [1.82, 2.24) is 15.5 Å². The molecule has 1 aliphatic carbocycles. The Bertz CT molecular complexity index is 1100. The third-order valence-corrected chi connectivity index (χ3v) is 7.89. The standard InChI is InChI=1S/C30H43N5O3/c1-21-16-28(13-10-25(21)20-35-15-14-31-22(2)19-35)34(3)29(36)24-8-11-26(12-9-24)33-27-7-5-6-23(17-27)18-32-30(37)38-4/h5-7,10,13,16-17,22,24,26,31,33H,8-9,11-12,14-15,18-20H2,1-4H3,(H,32,37)/t22-,24-,26-/m0/s1. The van der Waals surface area contributed by atoms with Crippen molar-refractivity contribution in [3.05, 3.63) is 59.2 Å². The third-order valence-electron chi connectivity index (χ3n) is 7.89. The predicted octanol–water partition coefficient (Wildman–Crippen LogP) is 4.28. The first kappa shape index (κ1) is 27.9. The molecule has 0 radical (unpaired) electrons. The van der Waals surface area contributed by atoms with Gasteiger partial charge < -0.3 is 25.6 Å². The topological polar surface area (TPSA) is 85.9 Å². The van der Waals surface area contributed by atoms with Gasteiger partial charge in [0.1, 0.15) is 0 Å². The molecule has 2 aromatic carbocycles. The summed E-state index contributed by atoms with van der Waals surface area (Å²) in [4.78, 5) is 29.0. The van der Waals surface area contributed by atoms with E-state index in [1.807, 2.05) is 30.1 Å². The molecule has 1 heterocycles. The molecule has 2 amide bonds. The lowest BCUT2D eigenvalue weighted by molar-refractivity contribution is -0.123. The van der Waals surface area contributed by atoms with Gasteiger partial charge in [-0.1, -0.05) is 18.2 Å². The van der Waals surface area contributed by atoms with Gasteiger partial charge in [0.05, 0.1) is 7.11 Å². The number of carbonyl (C=O) groups is 2. The molecule has 38 heavy (non-hydrogen) atoms. The fourth-order valence-electron chi connectivity index (χ4n) is 5.60. The number of amides is 2. The van der Waals surface area contributed by atoms with E-state index >= 15 is 0 Å². The van der Waals surface area contributed by atoms with Crippen LogP contribution in [-0.2, 0) is 22.6 Å². The molecule has 1 saturated heterocycles. The van der Waals surface area contributed by atoms with E-state index in [1.165, 1.54) is 18.2 Å². The van der Waals surface area contributed by atoms with Crippen molar-refractivity contribution in [2.75, 3.05) is 44.0 Å². The number of benzene rings is 2. The Morgan fingerprint density at radius 3 is 2.63 bits per heavy atom. The summed E-state index contributed by atoms with van der Waals surface area (Å²) in [6.07, 6.45) is 3.23. The van der Waals surface area contributed by atoms with E-state index in [4.69, 9.17) is 0 Å². The van der Waals surface area contributed by atoms with Crippen LogP contribution in [0.5, 0.6) is 0 Å². The molecule has 8 heteroatoms. The fourth-order valence-corrected chi connectivity index (χ4v) is 5.60. The molecular formula is C30H43N5O3. The first-order chi connectivity index (χ1) is 18.3. The molecule has 1 saturated carbocycles. The van der Waals surface area contributed by atoms with Gasteiger partial charge in [-0.2, -0.15) is 0 Å². The van der Waals surface area contributed by atoms with Crippen molar-refractivity contribution < 1.29 is 14.3 Å². The minimum atomic E-state index is -0.438. The van der Waals surface area contributed by atoms with Gasteiger partial charge in [0.2, 0.25) is 5.91 Å². The number of nitrogens with zero attached hydrogens (tertiary/aromatic N) is 2. The van der Waals surface area contributed by atoms with Crippen molar-refractivity contribution in [1.29, 1.82) is 0 Å². The highest BCUT2D eigenvalue weighted by molar-refractivity contribution is 5.94. The van der Waals surface area contributed by atoms with Crippen LogP contribution in [0.15, 0.2) is 42.5 Å². The van der Waals surface area contributed by atoms with Crippen LogP contribution in [0.4, 0.5) is 16.2 Å². The van der Waals surface area contributed by atoms with Crippen LogP contribution >= 0.6 is 0 Å². The second kappa shape index (κ2) is 13.1. The largest absolute Gasteiger partial charge is 0.453 e. The normalized spacial score (nSPS) is 21.9. The van der Waals surface area contributed by atoms with Gasteiger partial charge in [-0.25, -0.2) is 4.79 Å². The van der Waals surface area contributed by atoms with E-state index in [-0.39, 0.29) is 11.8 Å². The molecule has 0 bridgehead atoms. The summed E-state index contributed by atoms with van der Waals surface area (Å²) >= 11 is 0. The Labute approximate surface area is 227 Å². The fraction of sp³-hybridized carbons (Fsp3) is 0.533. The highest BCUT2D eigenvalue weighted by atomic mass is 16.5. The highest BCUT2D eigenvalue weighted by Gasteiger charge is 2.29. The first-order valence-corrected chi connectivity index (χ1v) is 13.8. The summed E-state index contributed by atoms with van der Waals surface area (Å²) in [6.45, 7) is 8.93. The van der Waals surface area contributed by atoms with E-state index in [0.717, 1.165) is 68.8 Å². The van der Waals surface area contributed by atoms with E-state index in [2.05, 4.69) is 63.7 Å². The number of nitrogens with one attached hydrogen (secondary N) is 3. The second-order valence-corrected chi connectivity index (χ2v) is 10.8. The lowest BCUT2D eigenvalue weighted by Crippen LogP contribution is -2.48. The van der Waals surface area contributed by atoms with Crippen LogP contribution in [0.25, 0.3) is 0 Å². The molecule has 2 aromatic rings. The molecule has 8 nitrogen and oxygen atoms in total. The SMILES string of the molecule is COC(=O)NCc1cccc(N[C@H]2CC[C@H](C(=O)N(C)c3ccc(CN4CCN[C@@H](C)C4)c(C)c3)CC2)c1. The van der Waals surface area contributed by atoms with Gasteiger partial charge in [-0.3, -0.25) is 9.69 Å². The minimum absolute atomic E-state index is 0.0518. The molecule has 4 rings (SSSR count). The molecule has 206 valence electrons. The molecule has 3 N–H and O–H groups in total. The van der Waals surface area contributed by atoms with E-state index < -0.39 is 6.09 Å². The highest BCUT2D eigenvalue weighted by Crippen LogP contribution is 2.30. The number of methoxy groups -OCH3 is 1. The predicted molar refractivity (Wildman–Crippen MR) is 152 cm³/mol. The van der Waals surface area contributed by atoms with Crippen molar-refractivity contribution in [2.24, 2.45) is 5.92 Å². The molecule has 0 unspecified atom stereocenters. The maximum atomic E-state index is 13.4. The molecule has 1 aliphatic heterocycles. The van der Waals surface area contributed by atoms with Crippen LogP contribution in [0.2, 0.25) is 0 Å². The van der Waals surface area contributed by atoms with Crippen LogP contribution in [-0.4, -0.2) is 62.8 Å². The zero-order valence-electron chi connectivity index (χ0n) is 23.3. The molecule has 2 aliphatic rings. The number of aryl methyl sites for hydroxylation is 1. The van der Waals surface area contributed by atoms with E-state index in [0.29, 0.717) is 18.6 Å². The molecule has 0 spiro atoms. The van der Waals surface area contributed by atoms with Gasteiger partial charge in [-0.15, -0.1) is 0 Å². The third kappa shape index (κ3) is 7.48. The van der Waals surface area contributed by atoms with Crippen molar-refractivity contribution in [2.45, 2.75) is 64.7 Å². The van der Waals surface area contributed by atoms with Crippen molar-refractivity contribution >= 4 is 23.4 Å². The maximum Gasteiger partial charge on any atom is 0.407 e. The smallest absolute Gasteiger partial charge is 0.407 e. The van der Waals surface area contributed by atoms with Crippen LogP contribution in [0.3, 0.4) is 0 Å². The summed E-state index contributed by atoms with van der Waals surface area (Å²) in [5.74, 6) is 0.262. The second-order valence-electron chi connectivity index (χ2n) is 10.8. The number of anilines is 2. The molecule has 0 aromatic heterocycles. The number of alkyl carbamates (subject to hydrolysis) is 1. The zero-order valence-corrected chi connectivity index (χ0v) is 23.3. The number of hydrogen-bond donors (Lipinski definition) is 3. The molecular weight excluding hydrogens is 478 g/mol. The van der Waals surface area contributed by atoms with Gasteiger partial charge in [-0.05, 0) is 80.5 Å². The number of piperazine rings is 1. The van der Waals surface area contributed by atoms with Gasteiger partial charge in [0.25, 0.3) is 0 Å². The lowest BCUT2D eigenvalue weighted by atomic mass is 9.85. The number of hydrogen-bond acceptors (Lipinski definition) is 6. The Hall–Kier alpha value is -3.10. The van der Waals surface area contributed by atoms with Crippen LogP contribution in [0.1, 0.15) is 49.3 Å². The number of rotatable bonds is 8. The Morgan fingerprint density at radius 1 is 1.13 bits per heavy atom. The summed E-state index contributed by atoms with van der Waals surface area (Å²) in [5.41, 5.74) is 5.59. The minimum Gasteiger partial charge on any atom is -0.453 e. The Balaban J connectivity index is 1.27. The van der Waals surface area contributed by atoms with E-state index in [1.54, 1.807) is 0 Å². The average Bonchev–Trinajstić information content (AvgIpc) is 2.92. The summed E-state index contributed by atoms with van der Waals surface area (Å²) in [5, 5.41) is 9.83. The Morgan fingerprint density at radius 2 is 1.92 bits per heavy atom. The van der Waals surface area contributed by atoms with Crippen LogP contribution < -0.4 is 20.9 Å². The number of ether oxygens (including phenoxy) is 1. The quantitative estimate of drug-likeness (QED) is 0.481. The van der Waals surface area contributed by atoms with E-state index in [9.17, 15) is 9.59 Å². The summed E-state index contributed by atoms with van der Waals surface area (Å²) in [7, 11) is 3.27. The lowest BCUT2D eigenvalue weighted by Gasteiger charge is -2.33. The average molecular weight is 522 g/mol. The van der Waals surface area contributed by atoms with Crippen molar-refractivity contribution in [3.8, 4) is 0 Å². The zero-order chi connectivity index (χ0) is 27.1.